The molecule has 2 aliphatic heterocycles. The molecular formula is C16H24N4O. The van der Waals surface area contributed by atoms with E-state index in [9.17, 15) is 4.79 Å². The van der Waals surface area contributed by atoms with Crippen molar-refractivity contribution in [3.05, 3.63) is 23.8 Å². The number of carbonyl (C=O) groups excluding carboxylic acids is 1. The van der Waals surface area contributed by atoms with Crippen LogP contribution in [0.5, 0.6) is 0 Å². The molecule has 2 saturated heterocycles. The average Bonchev–Trinajstić information content (AvgIpc) is 2.83. The Hall–Kier alpha value is -1.75. The fraction of sp³-hybridized carbons (Fsp3) is 0.562. The second-order valence-corrected chi connectivity index (χ2v) is 5.98. The molecule has 21 heavy (non-hydrogen) atoms. The van der Waals surface area contributed by atoms with Gasteiger partial charge in [0.2, 0.25) is 0 Å². The average molecular weight is 288 g/mol. The minimum Gasteiger partial charge on any atom is -0.397 e. The number of hydrogen-bond donors (Lipinski definition) is 2. The summed E-state index contributed by atoms with van der Waals surface area (Å²) in [6.07, 6.45) is 3.77. The monoisotopic (exact) mass is 288 g/mol. The van der Waals surface area contributed by atoms with Gasteiger partial charge < -0.3 is 16.0 Å². The number of benzene rings is 1. The molecule has 1 atom stereocenters. The van der Waals surface area contributed by atoms with Crippen molar-refractivity contribution < 1.29 is 4.79 Å². The molecular weight excluding hydrogens is 264 g/mol. The van der Waals surface area contributed by atoms with E-state index in [0.717, 1.165) is 18.8 Å². The number of nitrogen functional groups attached to an aromatic ring is 1. The van der Waals surface area contributed by atoms with E-state index in [2.05, 4.69) is 15.1 Å². The highest BCUT2D eigenvalue weighted by Gasteiger charge is 2.29. The fourth-order valence-corrected chi connectivity index (χ4v) is 3.55. The van der Waals surface area contributed by atoms with Crippen molar-refractivity contribution in [2.45, 2.75) is 25.3 Å². The Kier molecular flexibility index (Phi) is 4.01. The Labute approximate surface area is 126 Å². The molecule has 1 unspecified atom stereocenters. The van der Waals surface area contributed by atoms with Gasteiger partial charge in [-0.25, -0.2) is 0 Å². The molecule has 114 valence electrons. The number of nitrogens with two attached hydrogens (primary N) is 1. The molecule has 3 rings (SSSR count). The van der Waals surface area contributed by atoms with Crippen LogP contribution in [-0.2, 0) is 0 Å². The van der Waals surface area contributed by atoms with Gasteiger partial charge in [0.05, 0.1) is 11.4 Å². The van der Waals surface area contributed by atoms with Crippen LogP contribution in [0.2, 0.25) is 0 Å². The maximum Gasteiger partial charge on any atom is 0.251 e. The van der Waals surface area contributed by atoms with Gasteiger partial charge in [0, 0.05) is 38.3 Å². The number of hydrogen-bond acceptors (Lipinski definition) is 4. The van der Waals surface area contributed by atoms with Gasteiger partial charge in [-0.3, -0.25) is 9.69 Å². The largest absolute Gasteiger partial charge is 0.397 e. The molecule has 2 fully saturated rings. The van der Waals surface area contributed by atoms with Crippen molar-refractivity contribution in [1.82, 2.24) is 10.2 Å². The van der Waals surface area contributed by atoms with E-state index < -0.39 is 0 Å². The molecule has 1 aromatic rings. The highest BCUT2D eigenvalue weighted by atomic mass is 16.1. The Bertz CT molecular complexity index is 531. The first kappa shape index (κ1) is 14.2. The van der Waals surface area contributed by atoms with E-state index in [1.165, 1.54) is 32.4 Å². The SMILES string of the molecule is CNC(=O)c1ccc(N2CCCN3CCCC3C2)c(N)c1. The topological polar surface area (TPSA) is 61.6 Å². The van der Waals surface area contributed by atoms with Gasteiger partial charge >= 0.3 is 0 Å². The van der Waals surface area contributed by atoms with Gasteiger partial charge in [-0.15, -0.1) is 0 Å². The summed E-state index contributed by atoms with van der Waals surface area (Å²) < 4.78 is 0. The number of nitrogens with zero attached hydrogens (tertiary/aromatic N) is 2. The molecule has 0 saturated carbocycles. The van der Waals surface area contributed by atoms with E-state index in [4.69, 9.17) is 5.73 Å². The maximum atomic E-state index is 11.7. The van der Waals surface area contributed by atoms with Crippen LogP contribution < -0.4 is 16.0 Å². The highest BCUT2D eigenvalue weighted by molar-refractivity contribution is 5.96. The van der Waals surface area contributed by atoms with Crippen molar-refractivity contribution in [1.29, 1.82) is 0 Å². The number of rotatable bonds is 2. The van der Waals surface area contributed by atoms with Gasteiger partial charge in [-0.2, -0.15) is 0 Å². The van der Waals surface area contributed by atoms with Gasteiger partial charge in [0.1, 0.15) is 0 Å². The first-order valence-corrected chi connectivity index (χ1v) is 7.79. The van der Waals surface area contributed by atoms with Crippen molar-refractivity contribution in [2.24, 2.45) is 0 Å². The minimum absolute atomic E-state index is 0.0916. The van der Waals surface area contributed by atoms with Crippen molar-refractivity contribution in [3.63, 3.8) is 0 Å². The normalized spacial score (nSPS) is 22.7. The van der Waals surface area contributed by atoms with Crippen molar-refractivity contribution >= 4 is 17.3 Å². The third-order valence-electron chi connectivity index (χ3n) is 4.66. The number of nitrogens with one attached hydrogen (secondary N) is 1. The van der Waals surface area contributed by atoms with Crippen LogP contribution in [0, 0.1) is 0 Å². The Balaban J connectivity index is 1.81. The van der Waals surface area contributed by atoms with Gasteiger partial charge in [0.15, 0.2) is 0 Å². The Morgan fingerprint density at radius 2 is 2.10 bits per heavy atom. The first-order chi connectivity index (χ1) is 10.2. The quantitative estimate of drug-likeness (QED) is 0.805. The Morgan fingerprint density at radius 3 is 2.86 bits per heavy atom. The van der Waals surface area contributed by atoms with E-state index in [-0.39, 0.29) is 5.91 Å². The zero-order chi connectivity index (χ0) is 14.8. The number of amides is 1. The van der Waals surface area contributed by atoms with E-state index in [0.29, 0.717) is 17.3 Å². The summed E-state index contributed by atoms with van der Waals surface area (Å²) in [5.41, 5.74) is 8.58. The predicted molar refractivity (Wildman–Crippen MR) is 85.7 cm³/mol. The molecule has 0 spiro atoms. The lowest BCUT2D eigenvalue weighted by Gasteiger charge is -2.28. The zero-order valence-corrected chi connectivity index (χ0v) is 12.6. The maximum absolute atomic E-state index is 11.7. The molecule has 0 aromatic heterocycles. The molecule has 0 bridgehead atoms. The standard InChI is InChI=1S/C16H24N4O/c1-18-16(21)12-5-6-15(14(17)10-12)20-9-3-8-19-7-2-4-13(19)11-20/h5-6,10,13H,2-4,7-9,11,17H2,1H3,(H,18,21). The summed E-state index contributed by atoms with van der Waals surface area (Å²) in [4.78, 5) is 16.7. The predicted octanol–water partition coefficient (Wildman–Crippen LogP) is 1.30. The third-order valence-corrected chi connectivity index (χ3v) is 4.66. The summed E-state index contributed by atoms with van der Waals surface area (Å²) in [6, 6.07) is 6.29. The number of fused-ring (bicyclic) bond motifs is 1. The molecule has 1 aromatic carbocycles. The van der Waals surface area contributed by atoms with Gasteiger partial charge in [-0.05, 0) is 44.0 Å². The van der Waals surface area contributed by atoms with Gasteiger partial charge in [-0.1, -0.05) is 0 Å². The summed E-state index contributed by atoms with van der Waals surface area (Å²) in [5.74, 6) is -0.0916. The molecule has 5 heteroatoms. The molecule has 2 aliphatic rings. The smallest absolute Gasteiger partial charge is 0.251 e. The number of carbonyl (C=O) groups is 1. The summed E-state index contributed by atoms with van der Waals surface area (Å²) in [7, 11) is 1.63. The lowest BCUT2D eigenvalue weighted by Crippen LogP contribution is -2.36. The van der Waals surface area contributed by atoms with Crippen molar-refractivity contribution in [2.75, 3.05) is 43.9 Å². The van der Waals surface area contributed by atoms with E-state index in [1.54, 1.807) is 13.1 Å². The molecule has 5 nitrogen and oxygen atoms in total. The lowest BCUT2D eigenvalue weighted by molar-refractivity contribution is 0.0963. The van der Waals surface area contributed by atoms with Gasteiger partial charge in [0.25, 0.3) is 5.91 Å². The van der Waals surface area contributed by atoms with Crippen LogP contribution in [0.1, 0.15) is 29.6 Å². The highest BCUT2D eigenvalue weighted by Crippen LogP contribution is 2.29. The zero-order valence-electron chi connectivity index (χ0n) is 12.6. The van der Waals surface area contributed by atoms with Crippen LogP contribution >= 0.6 is 0 Å². The lowest BCUT2D eigenvalue weighted by atomic mass is 10.1. The molecule has 1 amide bonds. The third kappa shape index (κ3) is 2.83. The van der Waals surface area contributed by atoms with Crippen LogP contribution in [0.15, 0.2) is 18.2 Å². The van der Waals surface area contributed by atoms with Crippen LogP contribution in [0.4, 0.5) is 11.4 Å². The Morgan fingerprint density at radius 1 is 1.29 bits per heavy atom. The van der Waals surface area contributed by atoms with Crippen LogP contribution in [0.25, 0.3) is 0 Å². The second-order valence-electron chi connectivity index (χ2n) is 5.98. The fourth-order valence-electron chi connectivity index (χ4n) is 3.55. The second kappa shape index (κ2) is 5.93. The molecule has 3 N–H and O–H groups in total. The van der Waals surface area contributed by atoms with E-state index >= 15 is 0 Å². The summed E-state index contributed by atoms with van der Waals surface area (Å²) in [5, 5.41) is 2.63. The minimum atomic E-state index is -0.0916. The summed E-state index contributed by atoms with van der Waals surface area (Å²) >= 11 is 0. The van der Waals surface area contributed by atoms with Crippen LogP contribution in [0.3, 0.4) is 0 Å². The molecule has 0 aliphatic carbocycles. The summed E-state index contributed by atoms with van der Waals surface area (Å²) in [6.45, 7) is 4.51. The molecule has 0 radical (unpaired) electrons. The van der Waals surface area contributed by atoms with Crippen LogP contribution in [-0.4, -0.2) is 50.1 Å². The van der Waals surface area contributed by atoms with E-state index in [1.807, 2.05) is 12.1 Å². The van der Waals surface area contributed by atoms with Crippen molar-refractivity contribution in [3.8, 4) is 0 Å². The molecule has 2 heterocycles. The first-order valence-electron chi connectivity index (χ1n) is 7.79. The number of anilines is 2.